The van der Waals surface area contributed by atoms with Crippen LogP contribution >= 0.6 is 11.8 Å². The van der Waals surface area contributed by atoms with Gasteiger partial charge in [-0.3, -0.25) is 20.4 Å². The number of amides is 2. The molecule has 0 fully saturated rings. The summed E-state index contributed by atoms with van der Waals surface area (Å²) in [5.74, 6) is 0.317. The Bertz CT molecular complexity index is 794. The molecule has 2 N–H and O–H groups in total. The Balaban J connectivity index is 1.55. The average Bonchev–Trinajstić information content (AvgIpc) is 2.67. The molecule has 0 bridgehead atoms. The third-order valence-corrected chi connectivity index (χ3v) is 4.98. The van der Waals surface area contributed by atoms with Crippen molar-refractivity contribution in [1.29, 1.82) is 0 Å². The summed E-state index contributed by atoms with van der Waals surface area (Å²) in [6.45, 7) is 1.07. The van der Waals surface area contributed by atoms with Gasteiger partial charge in [0.05, 0.1) is 6.54 Å². The van der Waals surface area contributed by atoms with E-state index in [0.717, 1.165) is 36.4 Å². The van der Waals surface area contributed by atoms with Crippen LogP contribution in [0, 0.1) is 0 Å². The van der Waals surface area contributed by atoms with Gasteiger partial charge in [-0.05, 0) is 48.4 Å². The van der Waals surface area contributed by atoms with E-state index in [1.54, 1.807) is 17.8 Å². The predicted octanol–water partition coefficient (Wildman–Crippen LogP) is 2.76. The predicted molar refractivity (Wildman–Crippen MR) is 106 cm³/mol. The zero-order valence-corrected chi connectivity index (χ0v) is 15.6. The zero-order chi connectivity index (χ0) is 18.4. The van der Waals surface area contributed by atoms with E-state index in [2.05, 4.69) is 21.8 Å². The van der Waals surface area contributed by atoms with Crippen molar-refractivity contribution in [3.63, 3.8) is 0 Å². The molecule has 0 radical (unpaired) electrons. The van der Waals surface area contributed by atoms with Crippen molar-refractivity contribution >= 4 is 29.3 Å². The molecule has 0 unspecified atom stereocenters. The average molecular weight is 369 g/mol. The molecule has 2 aromatic rings. The summed E-state index contributed by atoms with van der Waals surface area (Å²) in [5.41, 5.74) is 9.03. The number of aryl methyl sites for hydroxylation is 1. The summed E-state index contributed by atoms with van der Waals surface area (Å²) in [4.78, 5) is 26.6. The van der Waals surface area contributed by atoms with E-state index in [-0.39, 0.29) is 18.4 Å². The largest absolute Gasteiger partial charge is 0.362 e. The molecule has 1 aliphatic rings. The number of hydrogen-bond donors (Lipinski definition) is 2. The summed E-state index contributed by atoms with van der Waals surface area (Å²) in [6, 6.07) is 15.6. The van der Waals surface area contributed by atoms with Gasteiger partial charge in [0.2, 0.25) is 0 Å². The first kappa shape index (κ1) is 18.3. The molecule has 5 nitrogen and oxygen atoms in total. The second-order valence-electron chi connectivity index (χ2n) is 6.29. The highest BCUT2D eigenvalue weighted by Gasteiger charge is 2.18. The van der Waals surface area contributed by atoms with Crippen LogP contribution in [0.4, 0.5) is 5.69 Å². The van der Waals surface area contributed by atoms with Gasteiger partial charge in [-0.25, -0.2) is 0 Å². The molecule has 2 aromatic carbocycles. The van der Waals surface area contributed by atoms with E-state index in [1.807, 2.05) is 42.7 Å². The minimum absolute atomic E-state index is 0.226. The molecule has 2 amide bonds. The fraction of sp³-hybridized carbons (Fsp3) is 0.300. The number of fused-ring (bicyclic) bond motifs is 1. The van der Waals surface area contributed by atoms with Crippen LogP contribution < -0.4 is 15.8 Å². The molecule has 3 rings (SSSR count). The number of benzene rings is 2. The maximum Gasteiger partial charge on any atom is 0.269 e. The van der Waals surface area contributed by atoms with Crippen LogP contribution in [0.3, 0.4) is 0 Å². The lowest BCUT2D eigenvalue weighted by atomic mass is 10.0. The Hall–Kier alpha value is -2.47. The van der Waals surface area contributed by atoms with Crippen molar-refractivity contribution in [1.82, 2.24) is 10.9 Å². The lowest BCUT2D eigenvalue weighted by Gasteiger charge is -2.30. The Labute approximate surface area is 158 Å². The van der Waals surface area contributed by atoms with Crippen molar-refractivity contribution < 1.29 is 9.59 Å². The molecular weight excluding hydrogens is 346 g/mol. The second-order valence-corrected chi connectivity index (χ2v) is 7.16. The third-order valence-electron chi connectivity index (χ3n) is 4.36. The number of hydrogen-bond acceptors (Lipinski definition) is 4. The number of nitrogens with zero attached hydrogens (tertiary/aromatic N) is 1. The van der Waals surface area contributed by atoms with Crippen LogP contribution in [0.2, 0.25) is 0 Å². The van der Waals surface area contributed by atoms with E-state index in [9.17, 15) is 9.59 Å². The van der Waals surface area contributed by atoms with Crippen molar-refractivity contribution in [2.75, 3.05) is 24.2 Å². The molecule has 136 valence electrons. The van der Waals surface area contributed by atoms with Crippen LogP contribution in [-0.4, -0.2) is 31.2 Å². The van der Waals surface area contributed by atoms with Gasteiger partial charge in [-0.2, -0.15) is 11.8 Å². The minimum Gasteiger partial charge on any atom is -0.362 e. The second kappa shape index (κ2) is 8.76. The molecule has 26 heavy (non-hydrogen) atoms. The molecule has 0 aromatic heterocycles. The number of hydrazine groups is 1. The van der Waals surface area contributed by atoms with Crippen molar-refractivity contribution in [3.8, 4) is 0 Å². The van der Waals surface area contributed by atoms with E-state index < -0.39 is 0 Å². The number of nitrogens with one attached hydrogen (secondary N) is 2. The monoisotopic (exact) mass is 369 g/mol. The van der Waals surface area contributed by atoms with Crippen LogP contribution in [0.25, 0.3) is 0 Å². The lowest BCUT2D eigenvalue weighted by molar-refractivity contribution is -0.120. The Morgan fingerprint density at radius 1 is 1.12 bits per heavy atom. The Kier molecular flexibility index (Phi) is 6.17. The minimum atomic E-state index is -0.305. The first-order valence-electron chi connectivity index (χ1n) is 8.67. The summed E-state index contributed by atoms with van der Waals surface area (Å²) in [5, 5.41) is 0. The van der Waals surface area contributed by atoms with Crippen molar-refractivity contribution in [2.24, 2.45) is 0 Å². The first-order chi connectivity index (χ1) is 12.7. The number of thioether (sulfide) groups is 1. The maximum absolute atomic E-state index is 12.3. The van der Waals surface area contributed by atoms with Crippen LogP contribution in [0.5, 0.6) is 0 Å². The molecule has 0 saturated carbocycles. The molecule has 1 aliphatic heterocycles. The van der Waals surface area contributed by atoms with E-state index >= 15 is 0 Å². The van der Waals surface area contributed by atoms with Crippen molar-refractivity contribution in [2.45, 2.75) is 18.6 Å². The van der Waals surface area contributed by atoms with Gasteiger partial charge in [0.25, 0.3) is 11.8 Å². The smallest absolute Gasteiger partial charge is 0.269 e. The van der Waals surface area contributed by atoms with Crippen LogP contribution in [0.1, 0.15) is 27.9 Å². The molecule has 1 heterocycles. The summed E-state index contributed by atoms with van der Waals surface area (Å²) >= 11 is 1.70. The zero-order valence-electron chi connectivity index (χ0n) is 14.8. The Morgan fingerprint density at radius 2 is 1.96 bits per heavy atom. The molecular formula is C20H23N3O2S. The molecule has 0 atom stereocenters. The molecule has 0 spiro atoms. The van der Waals surface area contributed by atoms with Crippen molar-refractivity contribution in [3.05, 3.63) is 65.2 Å². The van der Waals surface area contributed by atoms with Gasteiger partial charge in [0.15, 0.2) is 0 Å². The topological polar surface area (TPSA) is 61.4 Å². The normalized spacial score (nSPS) is 13.0. The van der Waals surface area contributed by atoms with Gasteiger partial charge in [0.1, 0.15) is 0 Å². The highest BCUT2D eigenvalue weighted by atomic mass is 32.2. The molecule has 0 saturated heterocycles. The highest BCUT2D eigenvalue weighted by molar-refractivity contribution is 7.97. The van der Waals surface area contributed by atoms with Gasteiger partial charge in [-0.1, -0.05) is 30.3 Å². The first-order valence-corrected chi connectivity index (χ1v) is 10.1. The summed E-state index contributed by atoms with van der Waals surface area (Å²) in [6.07, 6.45) is 4.09. The van der Waals surface area contributed by atoms with E-state index in [1.165, 1.54) is 5.56 Å². The quantitative estimate of drug-likeness (QED) is 0.796. The summed E-state index contributed by atoms with van der Waals surface area (Å²) in [7, 11) is 0. The standard InChI is InChI=1S/C20H23N3O2S/c1-26-14-15-6-4-8-17(12-15)20(25)22-21-19(24)13-23-11-5-9-16-7-2-3-10-18(16)23/h2-4,6-8,10,12H,5,9,11,13-14H2,1H3,(H,21,24)(H,22,25). The number of carbonyl (C=O) groups is 2. The van der Waals surface area contributed by atoms with Crippen LogP contribution in [0.15, 0.2) is 48.5 Å². The van der Waals surface area contributed by atoms with Gasteiger partial charge < -0.3 is 4.90 Å². The fourth-order valence-electron chi connectivity index (χ4n) is 3.16. The van der Waals surface area contributed by atoms with Crippen LogP contribution in [-0.2, 0) is 17.0 Å². The number of rotatable bonds is 5. The van der Waals surface area contributed by atoms with E-state index in [0.29, 0.717) is 5.56 Å². The SMILES string of the molecule is CSCc1cccc(C(=O)NNC(=O)CN2CCCc3ccccc32)c1. The third kappa shape index (κ3) is 4.58. The number of anilines is 1. The Morgan fingerprint density at radius 3 is 2.81 bits per heavy atom. The van der Waals surface area contributed by atoms with Gasteiger partial charge in [0, 0.05) is 23.5 Å². The fourth-order valence-corrected chi connectivity index (χ4v) is 3.67. The van der Waals surface area contributed by atoms with Gasteiger partial charge in [-0.15, -0.1) is 0 Å². The highest BCUT2D eigenvalue weighted by Crippen LogP contribution is 2.26. The molecule has 0 aliphatic carbocycles. The van der Waals surface area contributed by atoms with Gasteiger partial charge >= 0.3 is 0 Å². The number of para-hydroxylation sites is 1. The maximum atomic E-state index is 12.3. The van der Waals surface area contributed by atoms with E-state index in [4.69, 9.17) is 0 Å². The summed E-state index contributed by atoms with van der Waals surface area (Å²) < 4.78 is 0. The lowest BCUT2D eigenvalue weighted by Crippen LogP contribution is -2.47. The molecule has 6 heteroatoms. The number of carbonyl (C=O) groups excluding carboxylic acids is 2.